The van der Waals surface area contributed by atoms with Gasteiger partial charge in [0.15, 0.2) is 17.3 Å². The minimum atomic E-state index is -0.792. The Kier molecular flexibility index (Phi) is 3.63. The van der Waals surface area contributed by atoms with Crippen molar-refractivity contribution >= 4 is 5.78 Å². The molecule has 0 radical (unpaired) electrons. The first-order chi connectivity index (χ1) is 12.2. The predicted octanol–water partition coefficient (Wildman–Crippen LogP) is 2.88. The summed E-state index contributed by atoms with van der Waals surface area (Å²) in [5, 5.41) is 30.3. The van der Waals surface area contributed by atoms with E-state index < -0.39 is 17.8 Å². The third kappa shape index (κ3) is 2.66. The van der Waals surface area contributed by atoms with Gasteiger partial charge >= 0.3 is 0 Å². The topological polar surface area (TPSA) is 96.2 Å². The Balaban J connectivity index is 1.71. The lowest BCUT2D eigenvalue weighted by atomic mass is 9.88. The molecule has 0 fully saturated rings. The van der Waals surface area contributed by atoms with Gasteiger partial charge in [-0.3, -0.25) is 4.79 Å². The molecule has 0 spiro atoms. The van der Waals surface area contributed by atoms with E-state index >= 15 is 0 Å². The van der Waals surface area contributed by atoms with Crippen LogP contribution in [0.2, 0.25) is 0 Å². The molecule has 0 unspecified atom stereocenters. The fourth-order valence-corrected chi connectivity index (χ4v) is 3.43. The lowest BCUT2D eigenvalue weighted by Crippen LogP contribution is -2.46. The van der Waals surface area contributed by atoms with Gasteiger partial charge in [0.2, 0.25) is 0 Å². The first-order valence-electron chi connectivity index (χ1n) is 8.50. The van der Waals surface area contributed by atoms with E-state index in [0.29, 0.717) is 34.6 Å². The molecule has 4 rings (SSSR count). The number of Topliss-reactive ketones (excluding diaryl/α,β-unsaturated/α-hetero) is 1. The number of carbonyl (C=O) groups excluding carboxylic acids is 1. The van der Waals surface area contributed by atoms with Gasteiger partial charge in [0.25, 0.3) is 0 Å². The van der Waals surface area contributed by atoms with Crippen molar-refractivity contribution in [2.45, 2.75) is 44.5 Å². The van der Waals surface area contributed by atoms with Gasteiger partial charge in [-0.15, -0.1) is 0 Å². The summed E-state index contributed by atoms with van der Waals surface area (Å²) < 4.78 is 11.6. The van der Waals surface area contributed by atoms with E-state index in [2.05, 4.69) is 0 Å². The molecule has 2 aliphatic rings. The predicted molar refractivity (Wildman–Crippen MR) is 92.9 cm³/mol. The van der Waals surface area contributed by atoms with Crippen molar-refractivity contribution in [3.05, 3.63) is 47.0 Å². The number of phenols is 2. The second kappa shape index (κ2) is 5.64. The molecule has 2 aliphatic heterocycles. The Labute approximate surface area is 150 Å². The average molecular weight is 356 g/mol. The summed E-state index contributed by atoms with van der Waals surface area (Å²) in [7, 11) is 0. The molecule has 26 heavy (non-hydrogen) atoms. The number of ether oxygens (including phenoxy) is 2. The fraction of sp³-hybridized carbons (Fsp3) is 0.350. The van der Waals surface area contributed by atoms with E-state index in [1.807, 2.05) is 0 Å². The second-order valence-corrected chi connectivity index (χ2v) is 7.37. The summed E-state index contributed by atoms with van der Waals surface area (Å²) in [4.78, 5) is 12.4. The number of hydrogen-bond acceptors (Lipinski definition) is 6. The van der Waals surface area contributed by atoms with E-state index in [1.165, 1.54) is 18.2 Å². The number of carbonyl (C=O) groups is 1. The number of benzene rings is 2. The van der Waals surface area contributed by atoms with E-state index in [0.717, 1.165) is 0 Å². The molecule has 0 saturated heterocycles. The van der Waals surface area contributed by atoms with Gasteiger partial charge in [-0.1, -0.05) is 0 Å². The number of rotatable bonds is 1. The number of aliphatic hydroxyl groups excluding tert-OH is 1. The van der Waals surface area contributed by atoms with Gasteiger partial charge < -0.3 is 24.8 Å². The van der Waals surface area contributed by atoms with Crippen LogP contribution in [0.15, 0.2) is 30.3 Å². The maximum atomic E-state index is 12.4. The maximum absolute atomic E-state index is 12.4. The highest BCUT2D eigenvalue weighted by Crippen LogP contribution is 2.44. The Morgan fingerprint density at radius 3 is 2.65 bits per heavy atom. The summed E-state index contributed by atoms with van der Waals surface area (Å²) in [6, 6.07) is 7.72. The van der Waals surface area contributed by atoms with Crippen molar-refractivity contribution in [3.8, 4) is 23.0 Å². The molecule has 0 aliphatic carbocycles. The van der Waals surface area contributed by atoms with Crippen molar-refractivity contribution in [2.24, 2.45) is 0 Å². The van der Waals surface area contributed by atoms with Crippen LogP contribution in [0.25, 0.3) is 0 Å². The quantitative estimate of drug-likeness (QED) is 0.727. The SMILES string of the molecule is CC1(C)Oc2c(O)cc([C@@H]3CC(=O)c4ccc(O)cc4O3)cc2C[C@H]1O. The van der Waals surface area contributed by atoms with Gasteiger partial charge in [-0.2, -0.15) is 0 Å². The summed E-state index contributed by atoms with van der Waals surface area (Å²) in [6.45, 7) is 3.53. The third-order valence-electron chi connectivity index (χ3n) is 5.03. The van der Waals surface area contributed by atoms with Crippen molar-refractivity contribution in [3.63, 3.8) is 0 Å². The largest absolute Gasteiger partial charge is 0.508 e. The molecule has 2 aromatic rings. The molecular weight excluding hydrogens is 336 g/mol. The molecule has 136 valence electrons. The zero-order valence-corrected chi connectivity index (χ0v) is 14.5. The maximum Gasteiger partial charge on any atom is 0.170 e. The summed E-state index contributed by atoms with van der Waals surface area (Å²) in [5.41, 5.74) is 0.935. The molecule has 6 heteroatoms. The molecular formula is C20H20O6. The number of aliphatic hydroxyl groups is 1. The molecule has 3 N–H and O–H groups in total. The number of fused-ring (bicyclic) bond motifs is 2. The summed E-state index contributed by atoms with van der Waals surface area (Å²) in [5.74, 6) is 0.551. The lowest BCUT2D eigenvalue weighted by Gasteiger charge is -2.37. The molecule has 2 atom stereocenters. The Morgan fingerprint density at radius 1 is 1.12 bits per heavy atom. The first kappa shape index (κ1) is 16.7. The van der Waals surface area contributed by atoms with E-state index in [-0.39, 0.29) is 23.7 Å². The lowest BCUT2D eigenvalue weighted by molar-refractivity contribution is -0.0426. The van der Waals surface area contributed by atoms with Gasteiger partial charge in [0, 0.05) is 18.1 Å². The highest BCUT2D eigenvalue weighted by Gasteiger charge is 2.38. The van der Waals surface area contributed by atoms with Gasteiger partial charge in [0.05, 0.1) is 18.1 Å². The van der Waals surface area contributed by atoms with Crippen LogP contribution in [0.5, 0.6) is 23.0 Å². The van der Waals surface area contributed by atoms with E-state index in [4.69, 9.17) is 9.47 Å². The van der Waals surface area contributed by atoms with Crippen molar-refractivity contribution in [2.75, 3.05) is 0 Å². The van der Waals surface area contributed by atoms with Crippen LogP contribution < -0.4 is 9.47 Å². The number of phenolic OH excluding ortho intramolecular Hbond substituents is 2. The number of aromatic hydroxyl groups is 2. The monoisotopic (exact) mass is 356 g/mol. The van der Waals surface area contributed by atoms with Crippen molar-refractivity contribution in [1.82, 2.24) is 0 Å². The molecule has 0 aromatic heterocycles. The zero-order valence-electron chi connectivity index (χ0n) is 14.5. The number of hydrogen-bond donors (Lipinski definition) is 3. The Morgan fingerprint density at radius 2 is 1.88 bits per heavy atom. The van der Waals surface area contributed by atoms with Crippen molar-refractivity contribution in [1.29, 1.82) is 0 Å². The minimum absolute atomic E-state index is 0.0178. The Bertz CT molecular complexity index is 901. The highest BCUT2D eigenvalue weighted by atomic mass is 16.5. The molecule has 2 heterocycles. The molecule has 2 aromatic carbocycles. The first-order valence-corrected chi connectivity index (χ1v) is 8.50. The van der Waals surface area contributed by atoms with Crippen LogP contribution >= 0.6 is 0 Å². The average Bonchev–Trinajstić information content (AvgIpc) is 2.56. The van der Waals surface area contributed by atoms with Gasteiger partial charge in [-0.25, -0.2) is 0 Å². The second-order valence-electron chi connectivity index (χ2n) is 7.37. The standard InChI is InChI=1S/C20H20O6/c1-20(2)18(24)7-11-5-10(6-15(23)19(11)26-20)16-9-14(22)13-4-3-12(21)8-17(13)25-16/h3-6,8,16,18,21,23-24H,7,9H2,1-2H3/t16-,18+/m0/s1. The van der Waals surface area contributed by atoms with Crippen LogP contribution in [0.3, 0.4) is 0 Å². The molecule has 6 nitrogen and oxygen atoms in total. The highest BCUT2D eigenvalue weighted by molar-refractivity contribution is 6.00. The normalized spacial score (nSPS) is 23.4. The van der Waals surface area contributed by atoms with E-state index in [9.17, 15) is 20.1 Å². The molecule has 0 amide bonds. The van der Waals surface area contributed by atoms with Crippen molar-refractivity contribution < 1.29 is 29.6 Å². The van der Waals surface area contributed by atoms with Gasteiger partial charge in [-0.05, 0) is 43.7 Å². The van der Waals surface area contributed by atoms with Crippen LogP contribution in [0.4, 0.5) is 0 Å². The van der Waals surface area contributed by atoms with Crippen LogP contribution in [0, 0.1) is 0 Å². The summed E-state index contributed by atoms with van der Waals surface area (Å²) in [6.07, 6.45) is -0.830. The number of ketones is 1. The van der Waals surface area contributed by atoms with E-state index in [1.54, 1.807) is 26.0 Å². The van der Waals surface area contributed by atoms with Gasteiger partial charge in [0.1, 0.15) is 23.2 Å². The minimum Gasteiger partial charge on any atom is -0.508 e. The molecule has 0 bridgehead atoms. The summed E-state index contributed by atoms with van der Waals surface area (Å²) >= 11 is 0. The third-order valence-corrected chi connectivity index (χ3v) is 5.03. The van der Waals surface area contributed by atoms with Crippen LogP contribution in [-0.2, 0) is 6.42 Å². The van der Waals surface area contributed by atoms with Crippen LogP contribution in [0.1, 0.15) is 47.9 Å². The zero-order chi connectivity index (χ0) is 18.6. The molecule has 0 saturated carbocycles. The fourth-order valence-electron chi connectivity index (χ4n) is 3.43. The smallest absolute Gasteiger partial charge is 0.170 e. The van der Waals surface area contributed by atoms with Crippen LogP contribution in [-0.4, -0.2) is 32.8 Å². The Hall–Kier alpha value is -2.73.